The number of rotatable bonds is 7. The predicted molar refractivity (Wildman–Crippen MR) is 66.0 cm³/mol. The summed E-state index contributed by atoms with van der Waals surface area (Å²) >= 11 is 0. The van der Waals surface area contributed by atoms with Crippen LogP contribution in [0.2, 0.25) is 0 Å². The molecule has 0 aliphatic heterocycles. The van der Waals surface area contributed by atoms with Gasteiger partial charge in [0.05, 0.1) is 19.7 Å². The molecule has 1 rings (SSSR count). The van der Waals surface area contributed by atoms with Gasteiger partial charge in [-0.15, -0.1) is 0 Å². The minimum absolute atomic E-state index is 0.153. The van der Waals surface area contributed by atoms with Crippen LogP contribution >= 0.6 is 0 Å². The number of furan rings is 1. The molecule has 1 aromatic heterocycles. The summed E-state index contributed by atoms with van der Waals surface area (Å²) in [4.78, 5) is 24.5. The van der Waals surface area contributed by atoms with Gasteiger partial charge in [0.2, 0.25) is 0 Å². The Labute approximate surface area is 107 Å². The van der Waals surface area contributed by atoms with Gasteiger partial charge in [0.1, 0.15) is 17.9 Å². The number of carbonyl (C=O) groups is 2. The van der Waals surface area contributed by atoms with Crippen molar-refractivity contribution in [1.82, 2.24) is 4.90 Å². The molecule has 0 spiro atoms. The van der Waals surface area contributed by atoms with E-state index in [2.05, 4.69) is 0 Å². The second-order valence-corrected chi connectivity index (χ2v) is 4.21. The number of esters is 1. The molecule has 100 valence electrons. The molecule has 0 amide bonds. The second-order valence-electron chi connectivity index (χ2n) is 4.21. The van der Waals surface area contributed by atoms with Crippen LogP contribution in [-0.2, 0) is 20.9 Å². The lowest BCUT2D eigenvalue weighted by molar-refractivity contribution is -0.145. The van der Waals surface area contributed by atoms with Crippen LogP contribution in [0, 0.1) is 6.92 Å². The molecule has 1 heterocycles. The highest BCUT2D eigenvalue weighted by Gasteiger charge is 2.13. The lowest BCUT2D eigenvalue weighted by atomic mass is 10.2. The van der Waals surface area contributed by atoms with Gasteiger partial charge >= 0.3 is 5.97 Å². The molecule has 0 bridgehead atoms. The zero-order valence-corrected chi connectivity index (χ0v) is 11.1. The Bertz CT molecular complexity index is 411. The average Bonchev–Trinajstić information content (AvgIpc) is 2.63. The quantitative estimate of drug-likeness (QED) is 0.545. The number of Topliss-reactive ketones (excluding diaryl/α,β-unsaturated/α-hetero) is 1. The molecule has 0 unspecified atom stereocenters. The molecule has 18 heavy (non-hydrogen) atoms. The van der Waals surface area contributed by atoms with Crippen molar-refractivity contribution in [2.45, 2.75) is 26.8 Å². The SMILES string of the molecule is CCOC(=O)CC(=O)CN(C)Cc1ccc(C)o1. The maximum atomic E-state index is 11.6. The normalized spacial score (nSPS) is 10.7. The Balaban J connectivity index is 2.33. The molecule has 0 radical (unpaired) electrons. The Morgan fingerprint density at radius 3 is 2.67 bits per heavy atom. The van der Waals surface area contributed by atoms with Gasteiger partial charge in [0, 0.05) is 0 Å². The smallest absolute Gasteiger partial charge is 0.313 e. The number of likely N-dealkylation sites (N-methyl/N-ethyl adjacent to an activating group) is 1. The Kier molecular flexibility index (Phi) is 5.58. The van der Waals surface area contributed by atoms with Gasteiger partial charge in [-0.1, -0.05) is 0 Å². The number of ether oxygens (including phenoxy) is 1. The Morgan fingerprint density at radius 2 is 2.11 bits per heavy atom. The van der Waals surface area contributed by atoms with Crippen molar-refractivity contribution < 1.29 is 18.7 Å². The fraction of sp³-hybridized carbons (Fsp3) is 0.538. The topological polar surface area (TPSA) is 59.8 Å². The van der Waals surface area contributed by atoms with Crippen LogP contribution in [0.5, 0.6) is 0 Å². The first-order chi connectivity index (χ1) is 8.51. The standard InChI is InChI=1S/C13H19NO4/c1-4-17-13(16)7-11(15)8-14(3)9-12-6-5-10(2)18-12/h5-6H,4,7-9H2,1-3H3. The molecule has 0 aliphatic carbocycles. The average molecular weight is 253 g/mol. The first-order valence-electron chi connectivity index (χ1n) is 5.92. The molecule has 0 aromatic carbocycles. The van der Waals surface area contributed by atoms with Crippen LogP contribution in [0.1, 0.15) is 24.9 Å². The van der Waals surface area contributed by atoms with Crippen molar-refractivity contribution >= 4 is 11.8 Å². The maximum absolute atomic E-state index is 11.6. The monoisotopic (exact) mass is 253 g/mol. The van der Waals surface area contributed by atoms with Crippen molar-refractivity contribution in [3.8, 4) is 0 Å². The molecule has 0 saturated carbocycles. The van der Waals surface area contributed by atoms with Crippen molar-refractivity contribution in [2.75, 3.05) is 20.2 Å². The zero-order valence-electron chi connectivity index (χ0n) is 11.1. The second kappa shape index (κ2) is 6.96. The maximum Gasteiger partial charge on any atom is 0.313 e. The molecular formula is C13H19NO4. The van der Waals surface area contributed by atoms with Crippen molar-refractivity contribution in [3.05, 3.63) is 23.7 Å². The van der Waals surface area contributed by atoms with E-state index in [1.54, 1.807) is 18.9 Å². The molecule has 0 saturated heterocycles. The van der Waals surface area contributed by atoms with E-state index in [9.17, 15) is 9.59 Å². The first-order valence-corrected chi connectivity index (χ1v) is 5.92. The molecule has 0 fully saturated rings. The van der Waals surface area contributed by atoms with E-state index in [0.717, 1.165) is 11.5 Å². The van der Waals surface area contributed by atoms with Crippen LogP contribution in [0.4, 0.5) is 0 Å². The lowest BCUT2D eigenvalue weighted by Crippen LogP contribution is -2.27. The zero-order chi connectivity index (χ0) is 13.5. The Morgan fingerprint density at radius 1 is 1.39 bits per heavy atom. The van der Waals surface area contributed by atoms with Crippen LogP contribution in [0.3, 0.4) is 0 Å². The summed E-state index contributed by atoms with van der Waals surface area (Å²) in [7, 11) is 1.81. The van der Waals surface area contributed by atoms with Gasteiger partial charge in [-0.05, 0) is 33.0 Å². The molecule has 1 aromatic rings. The number of carbonyl (C=O) groups excluding carboxylic acids is 2. The number of hydrogen-bond donors (Lipinski definition) is 0. The lowest BCUT2D eigenvalue weighted by Gasteiger charge is -2.13. The molecular weight excluding hydrogens is 234 g/mol. The van der Waals surface area contributed by atoms with Gasteiger partial charge < -0.3 is 9.15 Å². The van der Waals surface area contributed by atoms with E-state index < -0.39 is 5.97 Å². The highest BCUT2D eigenvalue weighted by Crippen LogP contribution is 2.08. The highest BCUT2D eigenvalue weighted by atomic mass is 16.5. The largest absolute Gasteiger partial charge is 0.466 e. The number of ketones is 1. The number of hydrogen-bond acceptors (Lipinski definition) is 5. The first kappa shape index (κ1) is 14.4. The van der Waals surface area contributed by atoms with Crippen LogP contribution in [0.25, 0.3) is 0 Å². The van der Waals surface area contributed by atoms with Crippen molar-refractivity contribution in [3.63, 3.8) is 0 Å². The summed E-state index contributed by atoms with van der Waals surface area (Å²) in [5.41, 5.74) is 0. The van der Waals surface area contributed by atoms with Crippen LogP contribution in [-0.4, -0.2) is 36.9 Å². The number of nitrogens with zero attached hydrogens (tertiary/aromatic N) is 1. The third kappa shape index (κ3) is 5.14. The van der Waals surface area contributed by atoms with Crippen molar-refractivity contribution in [1.29, 1.82) is 0 Å². The third-order valence-corrected chi connectivity index (χ3v) is 2.31. The van der Waals surface area contributed by atoms with E-state index in [0.29, 0.717) is 13.2 Å². The van der Waals surface area contributed by atoms with Gasteiger partial charge in [-0.2, -0.15) is 0 Å². The molecule has 0 aliphatic rings. The van der Waals surface area contributed by atoms with Crippen molar-refractivity contribution in [2.24, 2.45) is 0 Å². The van der Waals surface area contributed by atoms with Gasteiger partial charge in [0.15, 0.2) is 5.78 Å². The van der Waals surface area contributed by atoms with Gasteiger partial charge in [-0.25, -0.2) is 0 Å². The summed E-state index contributed by atoms with van der Waals surface area (Å²) in [6.45, 7) is 4.64. The Hall–Kier alpha value is -1.62. The summed E-state index contributed by atoms with van der Waals surface area (Å²) in [6, 6.07) is 3.76. The summed E-state index contributed by atoms with van der Waals surface area (Å²) in [6.07, 6.45) is -0.171. The molecule has 5 nitrogen and oxygen atoms in total. The minimum atomic E-state index is -0.468. The molecule has 5 heteroatoms. The number of aryl methyl sites for hydroxylation is 1. The van der Waals surface area contributed by atoms with E-state index >= 15 is 0 Å². The predicted octanol–water partition coefficient (Wildman–Crippen LogP) is 1.54. The summed E-state index contributed by atoms with van der Waals surface area (Å²) < 4.78 is 10.1. The van der Waals surface area contributed by atoms with E-state index in [-0.39, 0.29) is 18.7 Å². The fourth-order valence-corrected chi connectivity index (χ4v) is 1.62. The minimum Gasteiger partial charge on any atom is -0.466 e. The highest BCUT2D eigenvalue weighted by molar-refractivity contribution is 5.96. The summed E-state index contributed by atoms with van der Waals surface area (Å²) in [5.74, 6) is 1.03. The fourth-order valence-electron chi connectivity index (χ4n) is 1.62. The molecule has 0 N–H and O–H groups in total. The van der Waals surface area contributed by atoms with E-state index in [1.807, 2.05) is 19.1 Å². The van der Waals surface area contributed by atoms with E-state index in [4.69, 9.17) is 9.15 Å². The van der Waals surface area contributed by atoms with Gasteiger partial charge in [-0.3, -0.25) is 14.5 Å². The summed E-state index contributed by atoms with van der Waals surface area (Å²) in [5, 5.41) is 0. The van der Waals surface area contributed by atoms with E-state index in [1.165, 1.54) is 0 Å². The third-order valence-electron chi connectivity index (χ3n) is 2.31. The molecule has 0 atom stereocenters. The van der Waals surface area contributed by atoms with Crippen LogP contribution < -0.4 is 0 Å². The van der Waals surface area contributed by atoms with Gasteiger partial charge in [0.25, 0.3) is 0 Å². The van der Waals surface area contributed by atoms with Crippen LogP contribution in [0.15, 0.2) is 16.5 Å².